The molecule has 5 atom stereocenters. The molecule has 2 aromatic carbocycles. The van der Waals surface area contributed by atoms with E-state index in [2.05, 4.69) is 16.7 Å². The summed E-state index contributed by atoms with van der Waals surface area (Å²) in [5, 5.41) is 35.5. The molecule has 0 spiro atoms. The van der Waals surface area contributed by atoms with Gasteiger partial charge in [0.2, 0.25) is 11.8 Å². The van der Waals surface area contributed by atoms with E-state index in [1.54, 1.807) is 11.0 Å². The topological polar surface area (TPSA) is 129 Å². The molecule has 2 saturated heterocycles. The third kappa shape index (κ3) is 7.81. The van der Waals surface area contributed by atoms with Crippen LogP contribution in [0.5, 0.6) is 0 Å². The zero-order valence-electron chi connectivity index (χ0n) is 26.2. The smallest absolute Gasteiger partial charge is 0.240 e. The SMILES string of the molecule is CC(C)(C)CC1NC(C(=O)N2CCN(CC(=O)NCCC(O)CO)CC2)C(c2cccc(Cl)c2F)C1(C#N)c1ccc(Cl)cc1F. The number of nitrogens with one attached hydrogen (secondary N) is 2. The second-order valence-corrected chi connectivity index (χ2v) is 14.1. The maximum Gasteiger partial charge on any atom is 0.240 e. The molecule has 2 aromatic rings. The number of hydrogen-bond donors (Lipinski definition) is 4. The molecule has 2 aliphatic rings. The van der Waals surface area contributed by atoms with Crippen LogP contribution in [0.25, 0.3) is 0 Å². The first-order valence-electron chi connectivity index (χ1n) is 15.3. The summed E-state index contributed by atoms with van der Waals surface area (Å²) in [4.78, 5) is 30.3. The van der Waals surface area contributed by atoms with Gasteiger partial charge in [0.25, 0.3) is 0 Å². The van der Waals surface area contributed by atoms with Crippen LogP contribution in [-0.4, -0.2) is 95.9 Å². The predicted molar refractivity (Wildman–Crippen MR) is 171 cm³/mol. The number of halogens is 4. The fourth-order valence-corrected chi connectivity index (χ4v) is 6.94. The molecule has 0 radical (unpaired) electrons. The Labute approximate surface area is 278 Å². The Morgan fingerprint density at radius 2 is 1.87 bits per heavy atom. The molecule has 2 heterocycles. The second-order valence-electron chi connectivity index (χ2n) is 13.3. The van der Waals surface area contributed by atoms with Crippen LogP contribution in [-0.2, 0) is 15.0 Å². The minimum Gasteiger partial charge on any atom is -0.394 e. The van der Waals surface area contributed by atoms with E-state index in [1.807, 2.05) is 25.7 Å². The largest absolute Gasteiger partial charge is 0.394 e. The Hall–Kier alpha value is -2.85. The molecule has 4 N–H and O–H groups in total. The monoisotopic (exact) mass is 679 g/mol. The Kier molecular flexibility index (Phi) is 11.7. The molecule has 13 heteroatoms. The van der Waals surface area contributed by atoms with Crippen molar-refractivity contribution in [1.82, 2.24) is 20.4 Å². The molecular weight excluding hydrogens is 639 g/mol. The summed E-state index contributed by atoms with van der Waals surface area (Å²) in [5.74, 6) is -3.26. The quantitative estimate of drug-likeness (QED) is 0.302. The number of rotatable bonds is 10. The molecule has 2 amide bonds. The fourth-order valence-electron chi connectivity index (χ4n) is 6.60. The minimum atomic E-state index is -1.71. The summed E-state index contributed by atoms with van der Waals surface area (Å²) < 4.78 is 31.7. The zero-order valence-corrected chi connectivity index (χ0v) is 27.7. The minimum absolute atomic E-state index is 0.0168. The number of hydrogen-bond acceptors (Lipinski definition) is 7. The molecule has 2 aliphatic heterocycles. The van der Waals surface area contributed by atoms with Crippen molar-refractivity contribution in [3.63, 3.8) is 0 Å². The summed E-state index contributed by atoms with van der Waals surface area (Å²) in [6.45, 7) is 7.19. The molecule has 5 unspecified atom stereocenters. The van der Waals surface area contributed by atoms with Crippen LogP contribution < -0.4 is 10.6 Å². The highest BCUT2D eigenvalue weighted by atomic mass is 35.5. The molecule has 9 nitrogen and oxygen atoms in total. The Balaban J connectivity index is 1.66. The highest BCUT2D eigenvalue weighted by molar-refractivity contribution is 6.31. The summed E-state index contributed by atoms with van der Waals surface area (Å²) in [6, 6.07) is 8.98. The van der Waals surface area contributed by atoms with Crippen LogP contribution in [0.1, 0.15) is 50.7 Å². The van der Waals surface area contributed by atoms with Crippen molar-refractivity contribution >= 4 is 35.0 Å². The maximum atomic E-state index is 15.9. The number of carbonyl (C=O) groups is 2. The van der Waals surface area contributed by atoms with E-state index in [0.29, 0.717) is 19.5 Å². The molecular formula is C33H41Cl2F2N5O4. The lowest BCUT2D eigenvalue weighted by molar-refractivity contribution is -0.135. The third-order valence-electron chi connectivity index (χ3n) is 8.78. The summed E-state index contributed by atoms with van der Waals surface area (Å²) >= 11 is 12.3. The van der Waals surface area contributed by atoms with Crippen LogP contribution >= 0.6 is 23.2 Å². The zero-order chi connectivity index (χ0) is 33.8. The summed E-state index contributed by atoms with van der Waals surface area (Å²) in [7, 11) is 0. The van der Waals surface area contributed by atoms with Crippen molar-refractivity contribution < 1.29 is 28.6 Å². The van der Waals surface area contributed by atoms with Gasteiger partial charge in [-0.3, -0.25) is 14.5 Å². The van der Waals surface area contributed by atoms with Gasteiger partial charge >= 0.3 is 0 Å². The number of aliphatic hydroxyl groups is 2. The van der Waals surface area contributed by atoms with E-state index in [-0.39, 0.29) is 77.6 Å². The number of benzene rings is 2. The third-order valence-corrected chi connectivity index (χ3v) is 9.30. The van der Waals surface area contributed by atoms with Gasteiger partial charge in [0.15, 0.2) is 0 Å². The number of aliphatic hydroxyl groups excluding tert-OH is 2. The van der Waals surface area contributed by atoms with Gasteiger partial charge in [-0.05, 0) is 42.0 Å². The Morgan fingerprint density at radius 1 is 1.17 bits per heavy atom. The lowest BCUT2D eigenvalue weighted by Crippen LogP contribution is -2.55. The van der Waals surface area contributed by atoms with Crippen LogP contribution in [0.2, 0.25) is 10.0 Å². The average molecular weight is 681 g/mol. The second kappa shape index (κ2) is 14.9. The molecule has 0 aliphatic carbocycles. The standard InChI is InChI=1S/C33H41Cl2F2N5O4/c1-32(2,3)16-26-33(19-38,23-8-7-20(34)15-25(23)36)28(22-5-4-6-24(35)29(22)37)30(40-26)31(46)42-13-11-41(12-14-42)17-27(45)39-10-9-21(44)18-43/h4-8,15,21,26,28,30,40,43-44H,9-14,16-18H2,1-3H3,(H,39,45). The predicted octanol–water partition coefficient (Wildman–Crippen LogP) is 3.60. The van der Waals surface area contributed by atoms with E-state index in [1.165, 1.54) is 24.3 Å². The number of carbonyl (C=O) groups excluding carboxylic acids is 2. The van der Waals surface area contributed by atoms with Gasteiger partial charge in [0.05, 0.1) is 36.4 Å². The van der Waals surface area contributed by atoms with Gasteiger partial charge < -0.3 is 25.7 Å². The molecule has 0 bridgehead atoms. The van der Waals surface area contributed by atoms with Crippen molar-refractivity contribution in [2.24, 2.45) is 5.41 Å². The first kappa shape index (κ1) is 36.0. The van der Waals surface area contributed by atoms with Crippen molar-refractivity contribution in [2.75, 3.05) is 45.9 Å². The van der Waals surface area contributed by atoms with E-state index in [9.17, 15) is 20.0 Å². The summed E-state index contributed by atoms with van der Waals surface area (Å²) in [5.41, 5.74) is -2.02. The normalized spacial score (nSPS) is 24.4. The average Bonchev–Trinajstić information content (AvgIpc) is 3.31. The van der Waals surface area contributed by atoms with E-state index in [4.69, 9.17) is 28.3 Å². The van der Waals surface area contributed by atoms with Crippen molar-refractivity contribution in [3.05, 3.63) is 69.2 Å². The fraction of sp³-hybridized carbons (Fsp3) is 0.545. The van der Waals surface area contributed by atoms with Crippen molar-refractivity contribution in [1.29, 1.82) is 5.26 Å². The first-order valence-corrected chi connectivity index (χ1v) is 16.1. The Morgan fingerprint density at radius 3 is 2.48 bits per heavy atom. The molecule has 0 aromatic heterocycles. The van der Waals surface area contributed by atoms with Crippen molar-refractivity contribution in [3.8, 4) is 6.07 Å². The number of nitriles is 1. The number of nitrogens with zero attached hydrogens (tertiary/aromatic N) is 3. The number of piperazine rings is 1. The van der Waals surface area contributed by atoms with E-state index >= 15 is 8.78 Å². The highest BCUT2D eigenvalue weighted by Gasteiger charge is 2.61. The maximum absolute atomic E-state index is 15.9. The lowest BCUT2D eigenvalue weighted by atomic mass is 9.62. The van der Waals surface area contributed by atoms with Gasteiger partial charge in [0.1, 0.15) is 17.0 Å². The van der Waals surface area contributed by atoms with E-state index < -0.39 is 41.2 Å². The molecule has 46 heavy (non-hydrogen) atoms. The van der Waals surface area contributed by atoms with Gasteiger partial charge in [-0.15, -0.1) is 0 Å². The lowest BCUT2D eigenvalue weighted by Gasteiger charge is -2.38. The van der Waals surface area contributed by atoms with Crippen LogP contribution in [0.3, 0.4) is 0 Å². The molecule has 0 saturated carbocycles. The van der Waals surface area contributed by atoms with E-state index in [0.717, 1.165) is 6.07 Å². The van der Waals surface area contributed by atoms with Crippen LogP contribution in [0, 0.1) is 28.4 Å². The van der Waals surface area contributed by atoms with Gasteiger partial charge in [-0.25, -0.2) is 8.78 Å². The van der Waals surface area contributed by atoms with Gasteiger partial charge in [-0.1, -0.05) is 62.2 Å². The molecule has 250 valence electrons. The molecule has 4 rings (SSSR count). The summed E-state index contributed by atoms with van der Waals surface area (Å²) in [6.07, 6.45) is -0.307. The van der Waals surface area contributed by atoms with Crippen molar-refractivity contribution in [2.45, 2.75) is 63.1 Å². The van der Waals surface area contributed by atoms with Gasteiger partial charge in [0, 0.05) is 55.3 Å². The highest BCUT2D eigenvalue weighted by Crippen LogP contribution is 2.53. The number of amides is 2. The Bertz CT molecular complexity index is 1460. The van der Waals surface area contributed by atoms with Crippen LogP contribution in [0.4, 0.5) is 8.78 Å². The first-order chi connectivity index (χ1) is 21.7. The van der Waals surface area contributed by atoms with Gasteiger partial charge in [-0.2, -0.15) is 5.26 Å². The molecule has 2 fully saturated rings. The van der Waals surface area contributed by atoms with Crippen LogP contribution in [0.15, 0.2) is 36.4 Å².